The van der Waals surface area contributed by atoms with Crippen LogP contribution in [-0.4, -0.2) is 32.0 Å². The Morgan fingerprint density at radius 2 is 1.72 bits per heavy atom. The van der Waals surface area contributed by atoms with Crippen LogP contribution in [0.2, 0.25) is 5.02 Å². The van der Waals surface area contributed by atoms with Crippen LogP contribution in [0.5, 0.6) is 5.75 Å². The maximum Gasteiger partial charge on any atom is 0.436 e. The number of carbonyl (C=O) groups excluding carboxylic acids is 1. The van der Waals surface area contributed by atoms with E-state index >= 15 is 0 Å². The number of carbonyl (C=O) groups is 1. The summed E-state index contributed by atoms with van der Waals surface area (Å²) in [7, 11) is 0. The Hall–Kier alpha value is -3.79. The highest BCUT2D eigenvalue weighted by molar-refractivity contribution is 6.31. The second kappa shape index (κ2) is 10.9. The fourth-order valence-electron chi connectivity index (χ4n) is 3.51. The predicted molar refractivity (Wildman–Crippen MR) is 129 cm³/mol. The number of nitrogens with one attached hydrogen (secondary N) is 1. The van der Waals surface area contributed by atoms with Crippen LogP contribution < -0.4 is 10.1 Å². The third-order valence-corrected chi connectivity index (χ3v) is 5.88. The molecule has 11 heteroatoms. The Labute approximate surface area is 210 Å². The summed E-state index contributed by atoms with van der Waals surface area (Å²) in [6.07, 6.45) is -2.62. The molecular formula is C25H23ClF3N5O2. The SMILES string of the molecule is Cc1c(Cl)c(C(F)(F)F)nn1CCCNC(=O)c1ccn(COc2ccc(-c3ccccc3)cc2)n1. The molecule has 0 atom stereocenters. The lowest BCUT2D eigenvalue weighted by Crippen LogP contribution is -2.26. The molecule has 0 bridgehead atoms. The highest BCUT2D eigenvalue weighted by atomic mass is 35.5. The van der Waals surface area contributed by atoms with E-state index in [2.05, 4.69) is 15.5 Å². The van der Waals surface area contributed by atoms with Gasteiger partial charge in [0.2, 0.25) is 0 Å². The van der Waals surface area contributed by atoms with E-state index in [0.29, 0.717) is 12.2 Å². The van der Waals surface area contributed by atoms with E-state index in [1.165, 1.54) is 16.3 Å². The number of halogens is 4. The van der Waals surface area contributed by atoms with E-state index in [9.17, 15) is 18.0 Å². The molecule has 2 heterocycles. The molecule has 1 N–H and O–H groups in total. The summed E-state index contributed by atoms with van der Waals surface area (Å²) in [4.78, 5) is 12.4. The van der Waals surface area contributed by atoms with Crippen molar-refractivity contribution in [2.24, 2.45) is 0 Å². The molecule has 36 heavy (non-hydrogen) atoms. The Bertz CT molecular complexity index is 1320. The minimum Gasteiger partial charge on any atom is -0.471 e. The number of nitrogens with zero attached hydrogens (tertiary/aromatic N) is 4. The first-order valence-electron chi connectivity index (χ1n) is 11.1. The van der Waals surface area contributed by atoms with E-state index in [1.807, 2.05) is 54.6 Å². The standard InChI is InChI=1S/C25H23ClF3N5O2/c1-17-22(26)23(25(27,28)29)32-34(17)14-5-13-30-24(35)21-12-15-33(31-21)16-36-20-10-8-19(9-11-20)18-6-3-2-4-7-18/h2-4,6-12,15H,5,13-14,16H2,1H3,(H,30,35). The Kier molecular flexibility index (Phi) is 7.64. The third kappa shape index (κ3) is 6.06. The Balaban J connectivity index is 1.23. The van der Waals surface area contributed by atoms with Crippen LogP contribution in [0.4, 0.5) is 13.2 Å². The minimum atomic E-state index is -4.62. The monoisotopic (exact) mass is 517 g/mol. The smallest absolute Gasteiger partial charge is 0.436 e. The lowest BCUT2D eigenvalue weighted by Gasteiger charge is -2.08. The molecule has 0 radical (unpaired) electrons. The number of alkyl halides is 3. The van der Waals surface area contributed by atoms with Gasteiger partial charge >= 0.3 is 6.18 Å². The van der Waals surface area contributed by atoms with Crippen LogP contribution in [0.25, 0.3) is 11.1 Å². The first-order valence-corrected chi connectivity index (χ1v) is 11.5. The molecule has 4 aromatic rings. The van der Waals surface area contributed by atoms with Gasteiger partial charge < -0.3 is 10.1 Å². The zero-order valence-electron chi connectivity index (χ0n) is 19.3. The van der Waals surface area contributed by atoms with Gasteiger partial charge in [-0.1, -0.05) is 54.1 Å². The summed E-state index contributed by atoms with van der Waals surface area (Å²) < 4.78 is 47.2. The summed E-state index contributed by atoms with van der Waals surface area (Å²) in [5.41, 5.74) is 1.51. The van der Waals surface area contributed by atoms with Gasteiger partial charge in [-0.3, -0.25) is 9.48 Å². The molecule has 1 amide bonds. The van der Waals surface area contributed by atoms with Crippen molar-refractivity contribution in [1.29, 1.82) is 0 Å². The van der Waals surface area contributed by atoms with Crippen LogP contribution in [0.15, 0.2) is 66.9 Å². The van der Waals surface area contributed by atoms with Crippen molar-refractivity contribution >= 4 is 17.5 Å². The molecule has 0 aliphatic carbocycles. The fourth-order valence-corrected chi connectivity index (χ4v) is 3.76. The second-order valence-corrected chi connectivity index (χ2v) is 8.36. The van der Waals surface area contributed by atoms with Crippen molar-refractivity contribution in [2.45, 2.75) is 32.8 Å². The number of ether oxygens (including phenoxy) is 1. The average Bonchev–Trinajstić information content (AvgIpc) is 3.46. The molecule has 4 rings (SSSR count). The van der Waals surface area contributed by atoms with Crippen molar-refractivity contribution in [3.05, 3.63) is 89.0 Å². The molecular weight excluding hydrogens is 495 g/mol. The van der Waals surface area contributed by atoms with Gasteiger partial charge in [0.05, 0.1) is 10.7 Å². The van der Waals surface area contributed by atoms with E-state index in [0.717, 1.165) is 11.1 Å². The largest absolute Gasteiger partial charge is 0.471 e. The van der Waals surface area contributed by atoms with Crippen LogP contribution in [-0.2, 0) is 19.5 Å². The summed E-state index contributed by atoms with van der Waals surface area (Å²) in [6, 6.07) is 19.2. The normalized spacial score (nSPS) is 11.5. The van der Waals surface area contributed by atoms with Gasteiger partial charge in [0.25, 0.3) is 5.91 Å². The maximum atomic E-state index is 12.9. The zero-order valence-corrected chi connectivity index (χ0v) is 20.1. The lowest BCUT2D eigenvalue weighted by atomic mass is 10.1. The maximum absolute atomic E-state index is 12.9. The fraction of sp³-hybridized carbons (Fsp3) is 0.240. The van der Waals surface area contributed by atoms with Crippen molar-refractivity contribution in [3.63, 3.8) is 0 Å². The van der Waals surface area contributed by atoms with Crippen LogP contribution in [0, 0.1) is 6.92 Å². The average molecular weight is 518 g/mol. The van der Waals surface area contributed by atoms with Crippen LogP contribution >= 0.6 is 11.6 Å². The van der Waals surface area contributed by atoms with E-state index in [4.69, 9.17) is 16.3 Å². The molecule has 0 aliphatic heterocycles. The molecule has 188 valence electrons. The summed E-state index contributed by atoms with van der Waals surface area (Å²) in [5.74, 6) is 0.269. The number of amides is 1. The summed E-state index contributed by atoms with van der Waals surface area (Å²) in [5, 5.41) is 10.0. The highest BCUT2D eigenvalue weighted by Crippen LogP contribution is 2.35. The first kappa shape index (κ1) is 25.3. The first-order chi connectivity index (χ1) is 17.2. The Morgan fingerprint density at radius 3 is 2.39 bits per heavy atom. The third-order valence-electron chi connectivity index (χ3n) is 5.43. The molecule has 0 saturated heterocycles. The number of aryl methyl sites for hydroxylation is 1. The quantitative estimate of drug-likeness (QED) is 0.294. The van der Waals surface area contributed by atoms with Crippen molar-refractivity contribution < 1.29 is 22.7 Å². The van der Waals surface area contributed by atoms with Crippen molar-refractivity contribution in [2.75, 3.05) is 6.54 Å². The van der Waals surface area contributed by atoms with Gasteiger partial charge in [0.15, 0.2) is 12.4 Å². The Morgan fingerprint density at radius 1 is 1.03 bits per heavy atom. The van der Waals surface area contributed by atoms with Gasteiger partial charge in [0, 0.05) is 19.3 Å². The summed E-state index contributed by atoms with van der Waals surface area (Å²) >= 11 is 5.75. The van der Waals surface area contributed by atoms with E-state index in [1.54, 1.807) is 12.3 Å². The predicted octanol–water partition coefficient (Wildman–Crippen LogP) is 5.58. The highest BCUT2D eigenvalue weighted by Gasteiger charge is 2.38. The topological polar surface area (TPSA) is 74.0 Å². The number of rotatable bonds is 9. The molecule has 0 saturated carbocycles. The minimum absolute atomic E-state index is 0.124. The number of aromatic nitrogens is 4. The molecule has 0 spiro atoms. The summed E-state index contributed by atoms with van der Waals surface area (Å²) in [6.45, 7) is 2.00. The number of hydrogen-bond donors (Lipinski definition) is 1. The second-order valence-electron chi connectivity index (χ2n) is 7.98. The lowest BCUT2D eigenvalue weighted by molar-refractivity contribution is -0.141. The van der Waals surface area contributed by atoms with E-state index in [-0.39, 0.29) is 31.2 Å². The van der Waals surface area contributed by atoms with Gasteiger partial charge in [-0.15, -0.1) is 0 Å². The molecule has 2 aromatic carbocycles. The number of benzene rings is 2. The molecule has 7 nitrogen and oxygen atoms in total. The van der Waals surface area contributed by atoms with Crippen molar-refractivity contribution in [3.8, 4) is 16.9 Å². The zero-order chi connectivity index (χ0) is 25.7. The van der Waals surface area contributed by atoms with Crippen LogP contribution in [0.3, 0.4) is 0 Å². The van der Waals surface area contributed by atoms with Gasteiger partial charge in [-0.2, -0.15) is 23.4 Å². The molecule has 0 unspecified atom stereocenters. The molecule has 2 aromatic heterocycles. The molecule has 0 aliphatic rings. The van der Waals surface area contributed by atoms with E-state index < -0.39 is 22.8 Å². The van der Waals surface area contributed by atoms with Crippen LogP contribution in [0.1, 0.15) is 28.3 Å². The van der Waals surface area contributed by atoms with Gasteiger partial charge in [-0.05, 0) is 42.7 Å². The van der Waals surface area contributed by atoms with Crippen molar-refractivity contribution in [1.82, 2.24) is 24.9 Å². The molecule has 0 fully saturated rings. The van der Waals surface area contributed by atoms with Gasteiger partial charge in [-0.25, -0.2) is 4.68 Å². The number of hydrogen-bond acceptors (Lipinski definition) is 4. The van der Waals surface area contributed by atoms with Gasteiger partial charge in [0.1, 0.15) is 11.4 Å².